The van der Waals surface area contributed by atoms with Gasteiger partial charge in [-0.05, 0) is 36.2 Å². The zero-order chi connectivity index (χ0) is 17.1. The molecule has 124 valence electrons. The summed E-state index contributed by atoms with van der Waals surface area (Å²) in [7, 11) is 1.55. The Labute approximate surface area is 141 Å². The average molecular weight is 324 g/mol. The minimum Gasteiger partial charge on any atom is -0.497 e. The van der Waals surface area contributed by atoms with Gasteiger partial charge in [-0.1, -0.05) is 25.1 Å². The Morgan fingerprint density at radius 2 is 1.92 bits per heavy atom. The van der Waals surface area contributed by atoms with Crippen molar-refractivity contribution in [2.45, 2.75) is 25.8 Å². The highest BCUT2D eigenvalue weighted by atomic mass is 16.5. The van der Waals surface area contributed by atoms with Crippen LogP contribution in [-0.2, 0) is 16.0 Å². The third-order valence-electron chi connectivity index (χ3n) is 4.16. The molecule has 0 saturated carbocycles. The van der Waals surface area contributed by atoms with E-state index in [1.54, 1.807) is 31.4 Å². The normalized spacial score (nSPS) is 17.2. The summed E-state index contributed by atoms with van der Waals surface area (Å²) in [5.41, 5.74) is 2.60. The van der Waals surface area contributed by atoms with Crippen molar-refractivity contribution in [2.75, 3.05) is 17.3 Å². The summed E-state index contributed by atoms with van der Waals surface area (Å²) in [4.78, 5) is 26.2. The number of hydrogen-bond donors (Lipinski definition) is 1. The highest BCUT2D eigenvalue weighted by molar-refractivity contribution is 6.23. The number of ether oxygens (including phenoxy) is 1. The largest absolute Gasteiger partial charge is 0.497 e. The third kappa shape index (κ3) is 3.11. The van der Waals surface area contributed by atoms with Gasteiger partial charge in [0.25, 0.3) is 5.91 Å². The number of aryl methyl sites for hydroxylation is 1. The van der Waals surface area contributed by atoms with Crippen LogP contribution in [0.25, 0.3) is 0 Å². The van der Waals surface area contributed by atoms with Gasteiger partial charge in [-0.2, -0.15) is 0 Å². The van der Waals surface area contributed by atoms with Crippen molar-refractivity contribution < 1.29 is 14.3 Å². The molecule has 2 aromatic carbocycles. The van der Waals surface area contributed by atoms with E-state index in [0.717, 1.165) is 12.1 Å². The summed E-state index contributed by atoms with van der Waals surface area (Å²) < 4.78 is 5.16. The number of carbonyl (C=O) groups is 2. The van der Waals surface area contributed by atoms with E-state index in [1.807, 2.05) is 24.3 Å². The number of amides is 2. The van der Waals surface area contributed by atoms with Crippen LogP contribution in [0.5, 0.6) is 5.75 Å². The zero-order valence-corrected chi connectivity index (χ0v) is 13.8. The second-order valence-corrected chi connectivity index (χ2v) is 5.72. The average Bonchev–Trinajstić information content (AvgIpc) is 2.89. The van der Waals surface area contributed by atoms with E-state index in [4.69, 9.17) is 4.74 Å². The summed E-state index contributed by atoms with van der Waals surface area (Å²) in [6, 6.07) is 14.3. The summed E-state index contributed by atoms with van der Waals surface area (Å²) in [6.07, 6.45) is 1.11. The minimum absolute atomic E-state index is 0.144. The molecule has 1 unspecified atom stereocenters. The first-order valence-corrected chi connectivity index (χ1v) is 7.98. The standard InChI is InChI=1S/C19H20N2O3/c1-3-13-7-9-14(10-8-13)20-17-12-18(22)21(19(17)23)15-5-4-6-16(11-15)24-2/h4-11,17,20H,3,12H2,1-2H3. The Kier molecular flexibility index (Phi) is 4.51. The fraction of sp³-hybridized carbons (Fsp3) is 0.263. The predicted octanol–water partition coefficient (Wildman–Crippen LogP) is 3.00. The molecule has 0 spiro atoms. The van der Waals surface area contributed by atoms with Crippen LogP contribution in [0.4, 0.5) is 11.4 Å². The lowest BCUT2D eigenvalue weighted by Crippen LogP contribution is -2.34. The van der Waals surface area contributed by atoms with Crippen molar-refractivity contribution in [1.29, 1.82) is 0 Å². The van der Waals surface area contributed by atoms with E-state index in [-0.39, 0.29) is 18.2 Å². The fourth-order valence-corrected chi connectivity index (χ4v) is 2.80. The molecular weight excluding hydrogens is 304 g/mol. The quantitative estimate of drug-likeness (QED) is 0.859. The third-order valence-corrected chi connectivity index (χ3v) is 4.16. The smallest absolute Gasteiger partial charge is 0.256 e. The molecule has 5 nitrogen and oxygen atoms in total. The maximum atomic E-state index is 12.6. The van der Waals surface area contributed by atoms with Crippen molar-refractivity contribution >= 4 is 23.2 Å². The predicted molar refractivity (Wildman–Crippen MR) is 93.3 cm³/mol. The lowest BCUT2D eigenvalue weighted by Gasteiger charge is -2.17. The topological polar surface area (TPSA) is 58.6 Å². The molecule has 0 radical (unpaired) electrons. The van der Waals surface area contributed by atoms with E-state index >= 15 is 0 Å². The van der Waals surface area contributed by atoms with Crippen molar-refractivity contribution in [1.82, 2.24) is 0 Å². The van der Waals surface area contributed by atoms with Gasteiger partial charge in [-0.3, -0.25) is 9.59 Å². The Hall–Kier alpha value is -2.82. The lowest BCUT2D eigenvalue weighted by molar-refractivity contribution is -0.121. The summed E-state index contributed by atoms with van der Waals surface area (Å²) >= 11 is 0. The second kappa shape index (κ2) is 6.74. The number of methoxy groups -OCH3 is 1. The molecule has 0 bridgehead atoms. The molecule has 2 amide bonds. The van der Waals surface area contributed by atoms with Crippen LogP contribution in [0.1, 0.15) is 18.9 Å². The van der Waals surface area contributed by atoms with Crippen LogP contribution in [0.3, 0.4) is 0 Å². The molecule has 1 aliphatic heterocycles. The Morgan fingerprint density at radius 3 is 2.58 bits per heavy atom. The molecule has 24 heavy (non-hydrogen) atoms. The molecule has 3 rings (SSSR count). The Bertz CT molecular complexity index is 755. The fourth-order valence-electron chi connectivity index (χ4n) is 2.80. The summed E-state index contributed by atoms with van der Waals surface area (Å²) in [5.74, 6) is 0.156. The number of carbonyl (C=O) groups excluding carboxylic acids is 2. The minimum atomic E-state index is -0.545. The Morgan fingerprint density at radius 1 is 1.17 bits per heavy atom. The van der Waals surface area contributed by atoms with Gasteiger partial charge in [0.1, 0.15) is 11.8 Å². The van der Waals surface area contributed by atoms with E-state index in [1.165, 1.54) is 10.5 Å². The first-order valence-electron chi connectivity index (χ1n) is 7.98. The SMILES string of the molecule is CCc1ccc(NC2CC(=O)N(c3cccc(OC)c3)C2=O)cc1. The van der Waals surface area contributed by atoms with Gasteiger partial charge < -0.3 is 10.1 Å². The van der Waals surface area contributed by atoms with E-state index in [9.17, 15) is 9.59 Å². The molecular formula is C19H20N2O3. The van der Waals surface area contributed by atoms with Gasteiger partial charge in [0.2, 0.25) is 5.91 Å². The lowest BCUT2D eigenvalue weighted by atomic mass is 10.1. The van der Waals surface area contributed by atoms with Gasteiger partial charge >= 0.3 is 0 Å². The molecule has 0 aromatic heterocycles. The van der Waals surface area contributed by atoms with Crippen LogP contribution in [0.15, 0.2) is 48.5 Å². The van der Waals surface area contributed by atoms with Gasteiger partial charge in [0.05, 0.1) is 19.2 Å². The highest BCUT2D eigenvalue weighted by Crippen LogP contribution is 2.27. The van der Waals surface area contributed by atoms with E-state index in [0.29, 0.717) is 11.4 Å². The number of anilines is 2. The van der Waals surface area contributed by atoms with Crippen LogP contribution in [0.2, 0.25) is 0 Å². The van der Waals surface area contributed by atoms with Crippen molar-refractivity contribution in [3.8, 4) is 5.75 Å². The maximum absolute atomic E-state index is 12.6. The van der Waals surface area contributed by atoms with E-state index in [2.05, 4.69) is 12.2 Å². The second-order valence-electron chi connectivity index (χ2n) is 5.72. The number of imide groups is 1. The molecule has 1 N–H and O–H groups in total. The molecule has 1 saturated heterocycles. The van der Waals surface area contributed by atoms with Crippen molar-refractivity contribution in [2.24, 2.45) is 0 Å². The van der Waals surface area contributed by atoms with Gasteiger partial charge in [-0.25, -0.2) is 4.90 Å². The number of hydrogen-bond acceptors (Lipinski definition) is 4. The van der Waals surface area contributed by atoms with Crippen LogP contribution in [0, 0.1) is 0 Å². The molecule has 0 aliphatic carbocycles. The molecule has 1 fully saturated rings. The number of rotatable bonds is 5. The maximum Gasteiger partial charge on any atom is 0.256 e. The Balaban J connectivity index is 1.77. The van der Waals surface area contributed by atoms with Crippen LogP contribution < -0.4 is 15.0 Å². The molecule has 1 atom stereocenters. The monoisotopic (exact) mass is 324 g/mol. The first-order chi connectivity index (χ1) is 11.6. The molecule has 2 aromatic rings. The molecule has 1 aliphatic rings. The van der Waals surface area contributed by atoms with Gasteiger partial charge in [-0.15, -0.1) is 0 Å². The zero-order valence-electron chi connectivity index (χ0n) is 13.8. The first kappa shape index (κ1) is 16.1. The number of nitrogens with zero attached hydrogens (tertiary/aromatic N) is 1. The highest BCUT2D eigenvalue weighted by Gasteiger charge is 2.39. The molecule has 1 heterocycles. The van der Waals surface area contributed by atoms with Crippen LogP contribution >= 0.6 is 0 Å². The van der Waals surface area contributed by atoms with Crippen molar-refractivity contribution in [3.05, 3.63) is 54.1 Å². The van der Waals surface area contributed by atoms with Gasteiger partial charge in [0.15, 0.2) is 0 Å². The van der Waals surface area contributed by atoms with Gasteiger partial charge in [0, 0.05) is 11.8 Å². The van der Waals surface area contributed by atoms with E-state index < -0.39 is 6.04 Å². The van der Waals surface area contributed by atoms with Crippen LogP contribution in [-0.4, -0.2) is 25.0 Å². The summed E-state index contributed by atoms with van der Waals surface area (Å²) in [5, 5.41) is 3.16. The molecule has 5 heteroatoms. The van der Waals surface area contributed by atoms with Crippen molar-refractivity contribution in [3.63, 3.8) is 0 Å². The summed E-state index contributed by atoms with van der Waals surface area (Å²) in [6.45, 7) is 2.09. The number of nitrogens with one attached hydrogen (secondary N) is 1. The number of benzene rings is 2.